The van der Waals surface area contributed by atoms with Gasteiger partial charge in [0.15, 0.2) is 0 Å². The van der Waals surface area contributed by atoms with Crippen molar-refractivity contribution in [2.75, 3.05) is 12.5 Å². The van der Waals surface area contributed by atoms with Crippen molar-refractivity contribution in [1.29, 1.82) is 0 Å². The Labute approximate surface area is 110 Å². The fourth-order valence-corrected chi connectivity index (χ4v) is 1.81. The van der Waals surface area contributed by atoms with E-state index < -0.39 is 23.2 Å². The smallest absolute Gasteiger partial charge is 0.449 e. The highest BCUT2D eigenvalue weighted by Gasteiger charge is 2.15. The Bertz CT molecular complexity index is 729. The number of pyridine rings is 1. The average Bonchev–Trinajstić information content (AvgIpc) is 2.35. The van der Waals surface area contributed by atoms with E-state index in [1.165, 1.54) is 17.8 Å². The van der Waals surface area contributed by atoms with Crippen molar-refractivity contribution in [3.8, 4) is 5.75 Å². The first-order valence-electron chi connectivity index (χ1n) is 5.07. The van der Waals surface area contributed by atoms with Gasteiger partial charge in [0.2, 0.25) is 11.2 Å². The van der Waals surface area contributed by atoms with Crippen LogP contribution in [0.2, 0.25) is 5.02 Å². The molecule has 100 valence electrons. The van der Waals surface area contributed by atoms with Gasteiger partial charge in [-0.1, -0.05) is 11.6 Å². The second-order valence-electron chi connectivity index (χ2n) is 3.57. The summed E-state index contributed by atoms with van der Waals surface area (Å²) in [5.41, 5.74) is 2.25. The summed E-state index contributed by atoms with van der Waals surface area (Å²) >= 11 is 5.65. The van der Waals surface area contributed by atoms with Crippen LogP contribution in [0.3, 0.4) is 0 Å². The van der Waals surface area contributed by atoms with Crippen molar-refractivity contribution in [1.82, 2.24) is 4.68 Å². The number of halogens is 2. The molecule has 0 aliphatic carbocycles. The molecule has 0 radical (unpaired) electrons. The molecule has 0 amide bonds. The monoisotopic (exact) mass is 286 g/mol. The lowest BCUT2D eigenvalue weighted by molar-refractivity contribution is 0.144. The molecule has 0 saturated heterocycles. The number of fused-ring (bicyclic) bond motifs is 1. The van der Waals surface area contributed by atoms with Crippen LogP contribution in [0.25, 0.3) is 10.9 Å². The maximum Gasteiger partial charge on any atom is 0.511 e. The molecular formula is C11H8ClFN2O4. The van der Waals surface area contributed by atoms with E-state index in [0.29, 0.717) is 5.52 Å². The third-order valence-corrected chi connectivity index (χ3v) is 2.74. The van der Waals surface area contributed by atoms with Crippen LogP contribution in [0.4, 0.5) is 9.18 Å². The molecule has 1 heterocycles. The van der Waals surface area contributed by atoms with Gasteiger partial charge in [-0.25, -0.2) is 9.18 Å². The summed E-state index contributed by atoms with van der Waals surface area (Å²) in [6, 6.07) is 2.19. The Morgan fingerprint density at radius 2 is 2.21 bits per heavy atom. The summed E-state index contributed by atoms with van der Waals surface area (Å²) in [4.78, 5) is 22.4. The summed E-state index contributed by atoms with van der Waals surface area (Å²) in [6.45, 7) is 0. The fourth-order valence-electron chi connectivity index (χ4n) is 1.65. The van der Waals surface area contributed by atoms with Crippen molar-refractivity contribution in [2.24, 2.45) is 0 Å². The first-order valence-corrected chi connectivity index (χ1v) is 5.44. The van der Waals surface area contributed by atoms with Crippen LogP contribution >= 0.6 is 11.6 Å². The molecule has 0 atom stereocenters. The summed E-state index contributed by atoms with van der Waals surface area (Å²) in [5.74, 6) is -1.21. The predicted octanol–water partition coefficient (Wildman–Crippen LogP) is 2.02. The molecule has 0 spiro atoms. The molecule has 6 nitrogen and oxygen atoms in total. The number of carbonyl (C=O) groups is 1. The van der Waals surface area contributed by atoms with E-state index in [0.717, 1.165) is 12.3 Å². The molecule has 0 fully saturated rings. The van der Waals surface area contributed by atoms with Gasteiger partial charge in [0, 0.05) is 7.05 Å². The zero-order valence-corrected chi connectivity index (χ0v) is 10.4. The molecule has 0 unspecified atom stereocenters. The summed E-state index contributed by atoms with van der Waals surface area (Å²) in [7, 11) is 1.53. The lowest BCUT2D eigenvalue weighted by atomic mass is 10.2. The maximum atomic E-state index is 13.4. The zero-order valence-electron chi connectivity index (χ0n) is 9.61. The number of hydrogen-bond acceptors (Lipinski definition) is 4. The number of ether oxygens (including phenoxy) is 1. The van der Waals surface area contributed by atoms with Crippen molar-refractivity contribution >= 4 is 28.7 Å². The number of rotatable bonds is 2. The quantitative estimate of drug-likeness (QED) is 0.826. The van der Waals surface area contributed by atoms with Crippen molar-refractivity contribution < 1.29 is 19.0 Å². The van der Waals surface area contributed by atoms with E-state index in [1.54, 1.807) is 0 Å². The first kappa shape index (κ1) is 13.2. The zero-order chi connectivity index (χ0) is 14.2. The van der Waals surface area contributed by atoms with Gasteiger partial charge in [-0.15, -0.1) is 0 Å². The summed E-state index contributed by atoms with van der Waals surface area (Å²) in [5, 5.41) is 8.34. The number of hydrogen-bond donors (Lipinski definition) is 2. The number of aromatic nitrogens is 1. The minimum absolute atomic E-state index is 0.0463. The highest BCUT2D eigenvalue weighted by molar-refractivity contribution is 6.31. The van der Waals surface area contributed by atoms with E-state index >= 15 is 0 Å². The third kappa shape index (κ3) is 2.32. The maximum absolute atomic E-state index is 13.4. The minimum Gasteiger partial charge on any atom is -0.449 e. The standard InChI is InChI=1S/C11H8ClFN2O4/c1-14-15-4-9(19-11(17)18)10(16)5-2-7(13)6(12)3-8(5)15/h2-4,14H,1H3,(H,17,18). The fraction of sp³-hybridized carbons (Fsp3) is 0.0909. The van der Waals surface area contributed by atoms with Gasteiger partial charge < -0.3 is 15.3 Å². The van der Waals surface area contributed by atoms with Crippen LogP contribution in [0.5, 0.6) is 5.75 Å². The van der Waals surface area contributed by atoms with Crippen LogP contribution in [0.1, 0.15) is 0 Å². The molecule has 19 heavy (non-hydrogen) atoms. The normalized spacial score (nSPS) is 10.5. The molecule has 2 N–H and O–H groups in total. The van der Waals surface area contributed by atoms with E-state index in [9.17, 15) is 14.0 Å². The van der Waals surface area contributed by atoms with Gasteiger partial charge in [0.1, 0.15) is 5.82 Å². The molecule has 0 aliphatic heterocycles. The lowest BCUT2D eigenvalue weighted by Crippen LogP contribution is -2.19. The Morgan fingerprint density at radius 1 is 1.53 bits per heavy atom. The highest BCUT2D eigenvalue weighted by Crippen LogP contribution is 2.22. The number of nitrogens with zero attached hydrogens (tertiary/aromatic N) is 1. The van der Waals surface area contributed by atoms with E-state index in [2.05, 4.69) is 10.2 Å². The van der Waals surface area contributed by atoms with E-state index in [-0.39, 0.29) is 10.4 Å². The average molecular weight is 287 g/mol. The number of nitrogens with one attached hydrogen (secondary N) is 1. The Morgan fingerprint density at radius 3 is 2.79 bits per heavy atom. The Balaban J connectivity index is 2.83. The first-order chi connectivity index (χ1) is 8.93. The Hall–Kier alpha value is -2.28. The molecule has 2 aromatic rings. The van der Waals surface area contributed by atoms with Crippen molar-refractivity contribution in [3.63, 3.8) is 0 Å². The topological polar surface area (TPSA) is 80.6 Å². The van der Waals surface area contributed by atoms with Crippen LogP contribution < -0.4 is 15.6 Å². The van der Waals surface area contributed by atoms with E-state index in [1.807, 2.05) is 0 Å². The van der Waals surface area contributed by atoms with Gasteiger partial charge in [0.05, 0.1) is 22.1 Å². The minimum atomic E-state index is -1.63. The summed E-state index contributed by atoms with van der Waals surface area (Å²) in [6.07, 6.45) is -0.485. The SMILES string of the molecule is CNn1cc(OC(=O)O)c(=O)c2cc(F)c(Cl)cc21. The van der Waals surface area contributed by atoms with Gasteiger partial charge in [-0.3, -0.25) is 9.47 Å². The van der Waals surface area contributed by atoms with Crippen molar-refractivity contribution in [3.05, 3.63) is 39.4 Å². The lowest BCUT2D eigenvalue weighted by Gasteiger charge is -2.12. The van der Waals surface area contributed by atoms with Crippen LogP contribution in [-0.2, 0) is 0 Å². The Kier molecular flexibility index (Phi) is 3.30. The van der Waals surface area contributed by atoms with Crippen molar-refractivity contribution in [2.45, 2.75) is 0 Å². The highest BCUT2D eigenvalue weighted by atomic mass is 35.5. The van der Waals surface area contributed by atoms with E-state index in [4.69, 9.17) is 16.7 Å². The van der Waals surface area contributed by atoms with Gasteiger partial charge in [-0.2, -0.15) is 0 Å². The molecule has 2 rings (SSSR count). The molecule has 0 bridgehead atoms. The molecular weight excluding hydrogens is 279 g/mol. The van der Waals surface area contributed by atoms with Gasteiger partial charge >= 0.3 is 6.16 Å². The van der Waals surface area contributed by atoms with Gasteiger partial charge in [0.25, 0.3) is 0 Å². The molecule has 1 aromatic carbocycles. The van der Waals surface area contributed by atoms with Gasteiger partial charge in [-0.05, 0) is 12.1 Å². The number of benzene rings is 1. The molecule has 0 saturated carbocycles. The second kappa shape index (κ2) is 4.77. The van der Waals surface area contributed by atoms with Crippen LogP contribution in [0.15, 0.2) is 23.1 Å². The van der Waals surface area contributed by atoms with Crippen LogP contribution in [-0.4, -0.2) is 23.0 Å². The van der Waals surface area contributed by atoms with Crippen LogP contribution in [0, 0.1) is 5.82 Å². The summed E-state index contributed by atoms with van der Waals surface area (Å²) < 4.78 is 19.1. The predicted molar refractivity (Wildman–Crippen MR) is 67.1 cm³/mol. The third-order valence-electron chi connectivity index (χ3n) is 2.45. The molecule has 0 aliphatic rings. The molecule has 8 heteroatoms. The second-order valence-corrected chi connectivity index (χ2v) is 3.97. The number of carboxylic acid groups (broad SMARTS) is 1. The largest absolute Gasteiger partial charge is 0.511 e. The molecule has 1 aromatic heterocycles.